The molecule has 0 atom stereocenters. The van der Waals surface area contributed by atoms with Crippen LogP contribution in [0.25, 0.3) is 0 Å². The van der Waals surface area contributed by atoms with E-state index in [1.807, 2.05) is 0 Å². The molecule has 0 aliphatic rings. The maximum Gasteiger partial charge on any atom is 0.407 e. The molecule has 6 heteroatoms. The average molecular weight is 299 g/mol. The van der Waals surface area contributed by atoms with Crippen LogP contribution in [0.1, 0.15) is 32.8 Å². The van der Waals surface area contributed by atoms with Gasteiger partial charge in [-0.1, -0.05) is 11.8 Å². The number of amides is 1. The molecule has 0 aliphatic carbocycles. The number of hydrogen-bond donors (Lipinski definition) is 1. The lowest BCUT2D eigenvalue weighted by Gasteiger charge is -2.19. The molecule has 1 rings (SSSR count). The van der Waals surface area contributed by atoms with Crippen LogP contribution in [-0.4, -0.2) is 18.2 Å². The third-order valence-corrected chi connectivity index (χ3v) is 2.13. The summed E-state index contributed by atoms with van der Waals surface area (Å²) in [6, 6.07) is 1.62. The lowest BCUT2D eigenvalue weighted by molar-refractivity contribution is 0.0529. The molecule has 1 aromatic carbocycles. The lowest BCUT2D eigenvalue weighted by Crippen LogP contribution is -2.32. The fourth-order valence-electron chi connectivity index (χ4n) is 1.33. The monoisotopic (exact) mass is 299 g/mol. The zero-order valence-electron chi connectivity index (χ0n) is 12.0. The maximum atomic E-state index is 12.9. The zero-order chi connectivity index (χ0) is 16.0. The largest absolute Gasteiger partial charge is 0.444 e. The van der Waals surface area contributed by atoms with Gasteiger partial charge in [-0.2, -0.15) is 0 Å². The molecule has 0 saturated heterocycles. The van der Waals surface area contributed by atoms with Gasteiger partial charge in [0.2, 0.25) is 0 Å². The van der Waals surface area contributed by atoms with E-state index in [-0.39, 0.29) is 18.5 Å². The highest BCUT2D eigenvalue weighted by Crippen LogP contribution is 2.12. The molecule has 1 amide bonds. The lowest BCUT2D eigenvalue weighted by atomic mass is 10.2. The molecule has 114 valence electrons. The van der Waals surface area contributed by atoms with Crippen LogP contribution in [-0.2, 0) is 4.74 Å². The van der Waals surface area contributed by atoms with Gasteiger partial charge in [0.05, 0.1) is 0 Å². The number of halogens is 3. The molecule has 0 unspecified atom stereocenters. The molecule has 0 heterocycles. The second kappa shape index (κ2) is 7.02. The van der Waals surface area contributed by atoms with Gasteiger partial charge in [0.15, 0.2) is 17.5 Å². The highest BCUT2D eigenvalue weighted by molar-refractivity contribution is 5.67. The van der Waals surface area contributed by atoms with Crippen LogP contribution in [0.2, 0.25) is 0 Å². The normalized spacial score (nSPS) is 10.6. The van der Waals surface area contributed by atoms with Crippen molar-refractivity contribution in [1.29, 1.82) is 0 Å². The molecule has 3 nitrogen and oxygen atoms in total. The highest BCUT2D eigenvalue weighted by atomic mass is 19.2. The Morgan fingerprint density at radius 1 is 1.24 bits per heavy atom. The standard InChI is InChI=1S/C15H16F3NO2/c1-15(2,3)21-14(20)19-7-5-4-6-10-8-11(16)13(18)12(17)9-10/h8-9H,5,7H2,1-3H3,(H,19,20). The van der Waals surface area contributed by atoms with Crippen LogP contribution < -0.4 is 5.32 Å². The predicted octanol–water partition coefficient (Wildman–Crippen LogP) is 3.37. The molecule has 0 saturated carbocycles. The molecule has 21 heavy (non-hydrogen) atoms. The van der Waals surface area contributed by atoms with Crippen molar-refractivity contribution in [2.45, 2.75) is 32.8 Å². The number of nitrogens with one attached hydrogen (secondary N) is 1. The van der Waals surface area contributed by atoms with Crippen LogP contribution in [0.5, 0.6) is 0 Å². The number of benzene rings is 1. The fraction of sp³-hybridized carbons (Fsp3) is 0.400. The Hall–Kier alpha value is -2.16. The van der Waals surface area contributed by atoms with Crippen molar-refractivity contribution in [2.75, 3.05) is 6.54 Å². The summed E-state index contributed by atoms with van der Waals surface area (Å²) in [6.45, 7) is 5.45. The first-order chi connectivity index (χ1) is 9.69. The summed E-state index contributed by atoms with van der Waals surface area (Å²) < 4.78 is 43.6. The van der Waals surface area contributed by atoms with E-state index in [1.54, 1.807) is 20.8 Å². The molecule has 0 bridgehead atoms. The second-order valence-corrected chi connectivity index (χ2v) is 5.23. The number of ether oxygens (including phenoxy) is 1. The Morgan fingerprint density at radius 2 is 1.81 bits per heavy atom. The van der Waals surface area contributed by atoms with Crippen molar-refractivity contribution in [2.24, 2.45) is 0 Å². The topological polar surface area (TPSA) is 38.3 Å². The molecule has 0 aromatic heterocycles. The van der Waals surface area contributed by atoms with E-state index in [4.69, 9.17) is 4.74 Å². The quantitative estimate of drug-likeness (QED) is 0.516. The molecule has 0 aliphatic heterocycles. The molecule has 0 spiro atoms. The van der Waals surface area contributed by atoms with Gasteiger partial charge in [-0.05, 0) is 32.9 Å². The van der Waals surface area contributed by atoms with Crippen molar-refractivity contribution in [1.82, 2.24) is 5.32 Å². The van der Waals surface area contributed by atoms with E-state index in [1.165, 1.54) is 0 Å². The third-order valence-electron chi connectivity index (χ3n) is 2.13. The third kappa shape index (κ3) is 6.21. The summed E-state index contributed by atoms with van der Waals surface area (Å²) >= 11 is 0. The smallest absolute Gasteiger partial charge is 0.407 e. The van der Waals surface area contributed by atoms with Gasteiger partial charge in [0.1, 0.15) is 5.60 Å². The summed E-state index contributed by atoms with van der Waals surface area (Å²) in [5.74, 6) is 1.01. The van der Waals surface area contributed by atoms with E-state index < -0.39 is 29.1 Å². The van der Waals surface area contributed by atoms with E-state index in [2.05, 4.69) is 17.2 Å². The molecule has 1 aromatic rings. The summed E-state index contributed by atoms with van der Waals surface area (Å²) in [6.07, 6.45) is -0.303. The number of carbonyl (C=O) groups excluding carboxylic acids is 1. The molecule has 0 radical (unpaired) electrons. The van der Waals surface area contributed by atoms with E-state index in [0.717, 1.165) is 12.1 Å². The second-order valence-electron chi connectivity index (χ2n) is 5.23. The highest BCUT2D eigenvalue weighted by Gasteiger charge is 2.15. The zero-order valence-corrected chi connectivity index (χ0v) is 12.0. The Labute approximate surface area is 121 Å². The number of rotatable bonds is 2. The van der Waals surface area contributed by atoms with Crippen LogP contribution in [0.4, 0.5) is 18.0 Å². The van der Waals surface area contributed by atoms with E-state index in [0.29, 0.717) is 0 Å². The minimum absolute atomic E-state index is 0.0312. The SMILES string of the molecule is CC(C)(C)OC(=O)NCCC#Cc1cc(F)c(F)c(F)c1. The summed E-state index contributed by atoms with van der Waals surface area (Å²) in [7, 11) is 0. The number of hydrogen-bond acceptors (Lipinski definition) is 2. The van der Waals surface area contributed by atoms with Crippen LogP contribution in [0.15, 0.2) is 12.1 Å². The van der Waals surface area contributed by atoms with Crippen LogP contribution in [0.3, 0.4) is 0 Å². The Balaban J connectivity index is 2.46. The molecule has 0 fully saturated rings. The van der Waals surface area contributed by atoms with Crippen molar-refractivity contribution in [3.8, 4) is 11.8 Å². The van der Waals surface area contributed by atoms with Crippen LogP contribution in [0, 0.1) is 29.3 Å². The first kappa shape index (κ1) is 16.9. The van der Waals surface area contributed by atoms with Gasteiger partial charge in [0.25, 0.3) is 0 Å². The summed E-state index contributed by atoms with van der Waals surface area (Å²) in [4.78, 5) is 11.3. The first-order valence-corrected chi connectivity index (χ1v) is 6.29. The van der Waals surface area contributed by atoms with Crippen molar-refractivity contribution in [3.05, 3.63) is 35.1 Å². The Bertz CT molecular complexity index is 560. The van der Waals surface area contributed by atoms with Gasteiger partial charge in [-0.3, -0.25) is 0 Å². The average Bonchev–Trinajstić information content (AvgIpc) is 2.33. The minimum atomic E-state index is -1.52. The van der Waals surface area contributed by atoms with E-state index in [9.17, 15) is 18.0 Å². The van der Waals surface area contributed by atoms with Crippen molar-refractivity contribution >= 4 is 6.09 Å². The predicted molar refractivity (Wildman–Crippen MR) is 72.0 cm³/mol. The Kier molecular flexibility index (Phi) is 5.65. The van der Waals surface area contributed by atoms with Gasteiger partial charge in [0, 0.05) is 18.5 Å². The van der Waals surface area contributed by atoms with Gasteiger partial charge < -0.3 is 10.1 Å². The minimum Gasteiger partial charge on any atom is -0.444 e. The molecular weight excluding hydrogens is 283 g/mol. The van der Waals surface area contributed by atoms with Gasteiger partial charge in [-0.15, -0.1) is 0 Å². The van der Waals surface area contributed by atoms with Gasteiger partial charge >= 0.3 is 6.09 Å². The molecular formula is C15H16F3NO2. The fourth-order valence-corrected chi connectivity index (χ4v) is 1.33. The van der Waals surface area contributed by atoms with Crippen molar-refractivity contribution in [3.63, 3.8) is 0 Å². The van der Waals surface area contributed by atoms with E-state index >= 15 is 0 Å². The number of alkyl carbamates (subject to hydrolysis) is 1. The molecule has 1 N–H and O–H groups in total. The van der Waals surface area contributed by atoms with Crippen LogP contribution >= 0.6 is 0 Å². The summed E-state index contributed by atoms with van der Waals surface area (Å²) in [5.41, 5.74) is -0.553. The maximum absolute atomic E-state index is 12.9. The first-order valence-electron chi connectivity index (χ1n) is 6.29. The number of carbonyl (C=O) groups is 1. The van der Waals surface area contributed by atoms with Crippen molar-refractivity contribution < 1.29 is 22.7 Å². The van der Waals surface area contributed by atoms with Gasteiger partial charge in [-0.25, -0.2) is 18.0 Å². The summed E-state index contributed by atoms with van der Waals surface area (Å²) in [5, 5.41) is 2.49. The Morgan fingerprint density at radius 3 is 2.33 bits per heavy atom.